The van der Waals surface area contributed by atoms with Crippen LogP contribution in [0.3, 0.4) is 0 Å². The average molecular weight is 242 g/mol. The first-order chi connectivity index (χ1) is 7.87. The predicted octanol–water partition coefficient (Wildman–Crippen LogP) is 0.552. The summed E-state index contributed by atoms with van der Waals surface area (Å²) in [6, 6.07) is 0.616. The number of hydrogen-bond donors (Lipinski definition) is 1. The lowest BCUT2D eigenvalue weighted by Crippen LogP contribution is -2.65. The van der Waals surface area contributed by atoms with E-state index in [9.17, 15) is 5.11 Å². The minimum Gasteiger partial charge on any atom is -0.386 e. The molecular weight excluding hydrogens is 216 g/mol. The van der Waals surface area contributed by atoms with Gasteiger partial charge in [-0.1, -0.05) is 0 Å². The molecule has 2 heterocycles. The van der Waals surface area contributed by atoms with Gasteiger partial charge in [0.15, 0.2) is 0 Å². The van der Waals surface area contributed by atoms with Crippen LogP contribution in [0.2, 0.25) is 0 Å². The number of ether oxygens (including phenoxy) is 1. The van der Waals surface area contributed by atoms with Gasteiger partial charge >= 0.3 is 0 Å². The highest BCUT2D eigenvalue weighted by Crippen LogP contribution is 2.35. The van der Waals surface area contributed by atoms with Crippen molar-refractivity contribution >= 4 is 0 Å². The lowest BCUT2D eigenvalue weighted by atomic mass is 9.83. The summed E-state index contributed by atoms with van der Waals surface area (Å²) < 4.78 is 5.50. The van der Waals surface area contributed by atoms with Gasteiger partial charge in [-0.15, -0.1) is 0 Å². The van der Waals surface area contributed by atoms with Crippen LogP contribution in [-0.4, -0.2) is 71.5 Å². The first-order valence-electron chi connectivity index (χ1n) is 6.66. The molecule has 0 spiro atoms. The van der Waals surface area contributed by atoms with Crippen LogP contribution in [0.4, 0.5) is 0 Å². The molecule has 2 rings (SSSR count). The van der Waals surface area contributed by atoms with Gasteiger partial charge in [0.2, 0.25) is 0 Å². The molecule has 4 nitrogen and oxygen atoms in total. The van der Waals surface area contributed by atoms with E-state index in [1.54, 1.807) is 0 Å². The van der Waals surface area contributed by atoms with Crippen LogP contribution in [0, 0.1) is 0 Å². The van der Waals surface area contributed by atoms with Gasteiger partial charge in [0.1, 0.15) is 5.60 Å². The Bertz CT molecular complexity index is 273. The number of hydrogen-bond acceptors (Lipinski definition) is 4. The molecule has 100 valence electrons. The van der Waals surface area contributed by atoms with Gasteiger partial charge in [-0.05, 0) is 27.7 Å². The summed E-state index contributed by atoms with van der Waals surface area (Å²) in [6.07, 6.45) is 0. The third-order valence-electron chi connectivity index (χ3n) is 4.67. The molecule has 2 saturated heterocycles. The highest BCUT2D eigenvalue weighted by molar-refractivity contribution is 5.06. The van der Waals surface area contributed by atoms with E-state index in [0.29, 0.717) is 19.3 Å². The molecule has 0 amide bonds. The smallest absolute Gasteiger partial charge is 0.105 e. The summed E-state index contributed by atoms with van der Waals surface area (Å²) in [7, 11) is 0. The van der Waals surface area contributed by atoms with Gasteiger partial charge in [0, 0.05) is 32.2 Å². The fourth-order valence-corrected chi connectivity index (χ4v) is 2.92. The van der Waals surface area contributed by atoms with Gasteiger partial charge in [-0.25, -0.2) is 0 Å². The Morgan fingerprint density at radius 1 is 1.06 bits per heavy atom. The molecule has 4 heteroatoms. The van der Waals surface area contributed by atoms with Crippen LogP contribution in [0.1, 0.15) is 27.7 Å². The van der Waals surface area contributed by atoms with Crippen LogP contribution in [-0.2, 0) is 4.74 Å². The molecule has 2 fully saturated rings. The lowest BCUT2D eigenvalue weighted by Gasteiger charge is -2.48. The number of nitrogens with zero attached hydrogens (tertiary/aromatic N) is 2. The van der Waals surface area contributed by atoms with Crippen LogP contribution in [0.5, 0.6) is 0 Å². The first kappa shape index (κ1) is 13.3. The predicted molar refractivity (Wildman–Crippen MR) is 68.1 cm³/mol. The Kier molecular flexibility index (Phi) is 3.51. The van der Waals surface area contributed by atoms with Crippen molar-refractivity contribution in [1.29, 1.82) is 0 Å². The number of piperazine rings is 1. The van der Waals surface area contributed by atoms with Crippen molar-refractivity contribution in [3.8, 4) is 0 Å². The molecule has 0 radical (unpaired) electrons. The van der Waals surface area contributed by atoms with E-state index in [1.807, 2.05) is 6.92 Å². The topological polar surface area (TPSA) is 35.9 Å². The SMILES string of the molecule is CC(C)N1CCN([C@]2(C)COC[C@@]2(C)O)CC1. The van der Waals surface area contributed by atoms with Crippen molar-refractivity contribution in [3.05, 3.63) is 0 Å². The fraction of sp³-hybridized carbons (Fsp3) is 1.00. The van der Waals surface area contributed by atoms with Crippen LogP contribution in [0.25, 0.3) is 0 Å². The van der Waals surface area contributed by atoms with Crippen molar-refractivity contribution in [2.24, 2.45) is 0 Å². The Labute approximate surface area is 105 Å². The molecule has 17 heavy (non-hydrogen) atoms. The minimum atomic E-state index is -0.729. The van der Waals surface area contributed by atoms with Crippen LogP contribution < -0.4 is 0 Å². The fourth-order valence-electron chi connectivity index (χ4n) is 2.92. The summed E-state index contributed by atoms with van der Waals surface area (Å²) in [4.78, 5) is 4.89. The summed E-state index contributed by atoms with van der Waals surface area (Å²) in [6.45, 7) is 13.8. The van der Waals surface area contributed by atoms with Crippen molar-refractivity contribution < 1.29 is 9.84 Å². The third kappa shape index (κ3) is 2.24. The van der Waals surface area contributed by atoms with E-state index < -0.39 is 5.60 Å². The molecule has 0 aromatic rings. The second kappa shape index (κ2) is 4.50. The van der Waals surface area contributed by atoms with Gasteiger partial charge in [-0.3, -0.25) is 9.80 Å². The summed E-state index contributed by atoms with van der Waals surface area (Å²) in [5.74, 6) is 0. The minimum absolute atomic E-state index is 0.226. The molecule has 0 aliphatic carbocycles. The molecule has 2 atom stereocenters. The largest absolute Gasteiger partial charge is 0.386 e. The van der Waals surface area contributed by atoms with Gasteiger partial charge < -0.3 is 9.84 Å². The van der Waals surface area contributed by atoms with E-state index >= 15 is 0 Å². The first-order valence-corrected chi connectivity index (χ1v) is 6.66. The number of rotatable bonds is 2. The second-order valence-corrected chi connectivity index (χ2v) is 6.16. The zero-order valence-corrected chi connectivity index (χ0v) is 11.6. The van der Waals surface area contributed by atoms with E-state index in [2.05, 4.69) is 30.6 Å². The quantitative estimate of drug-likeness (QED) is 0.767. The van der Waals surface area contributed by atoms with Crippen molar-refractivity contribution in [3.63, 3.8) is 0 Å². The van der Waals surface area contributed by atoms with Gasteiger partial charge in [0.25, 0.3) is 0 Å². The monoisotopic (exact) mass is 242 g/mol. The number of aliphatic hydroxyl groups is 1. The molecular formula is C13H26N2O2. The summed E-state index contributed by atoms with van der Waals surface area (Å²) in [5, 5.41) is 10.5. The molecule has 0 bridgehead atoms. The Hall–Kier alpha value is -0.160. The van der Waals surface area contributed by atoms with Crippen LogP contribution in [0.15, 0.2) is 0 Å². The lowest BCUT2D eigenvalue weighted by molar-refractivity contribution is -0.0762. The van der Waals surface area contributed by atoms with Crippen molar-refractivity contribution in [2.75, 3.05) is 39.4 Å². The average Bonchev–Trinajstić information content (AvgIpc) is 2.55. The standard InChI is InChI=1S/C13H26N2O2/c1-11(2)14-5-7-15(8-6-14)12(3)9-17-10-13(12,4)16/h11,16H,5-10H2,1-4H3/t12-,13-/m1/s1. The van der Waals surface area contributed by atoms with Crippen molar-refractivity contribution in [1.82, 2.24) is 9.80 Å². The zero-order chi connectivity index (χ0) is 12.7. The molecule has 0 saturated carbocycles. The molecule has 2 aliphatic heterocycles. The van der Waals surface area contributed by atoms with Gasteiger partial charge in [-0.2, -0.15) is 0 Å². The Morgan fingerprint density at radius 3 is 2.06 bits per heavy atom. The third-order valence-corrected chi connectivity index (χ3v) is 4.67. The van der Waals surface area contributed by atoms with E-state index in [4.69, 9.17) is 4.74 Å². The van der Waals surface area contributed by atoms with E-state index in [0.717, 1.165) is 26.2 Å². The molecule has 2 aliphatic rings. The molecule has 0 unspecified atom stereocenters. The molecule has 0 aromatic carbocycles. The van der Waals surface area contributed by atoms with E-state index in [1.165, 1.54) is 0 Å². The molecule has 1 N–H and O–H groups in total. The zero-order valence-electron chi connectivity index (χ0n) is 11.6. The van der Waals surface area contributed by atoms with Crippen LogP contribution >= 0.6 is 0 Å². The summed E-state index contributed by atoms with van der Waals surface area (Å²) in [5.41, 5.74) is -0.955. The highest BCUT2D eigenvalue weighted by Gasteiger charge is 2.52. The maximum absolute atomic E-state index is 10.5. The maximum atomic E-state index is 10.5. The normalized spacial score (nSPS) is 41.3. The van der Waals surface area contributed by atoms with Crippen molar-refractivity contribution in [2.45, 2.75) is 44.9 Å². The highest BCUT2D eigenvalue weighted by atomic mass is 16.5. The Balaban J connectivity index is 2.01. The second-order valence-electron chi connectivity index (χ2n) is 6.16. The van der Waals surface area contributed by atoms with Gasteiger partial charge in [0.05, 0.1) is 18.8 Å². The molecule has 0 aromatic heterocycles. The maximum Gasteiger partial charge on any atom is 0.105 e. The Morgan fingerprint density at radius 2 is 1.65 bits per heavy atom. The van der Waals surface area contributed by atoms with E-state index in [-0.39, 0.29) is 5.54 Å². The summed E-state index contributed by atoms with van der Waals surface area (Å²) >= 11 is 0.